The van der Waals surface area contributed by atoms with Crippen LogP contribution in [0.5, 0.6) is 5.75 Å². The molecule has 0 aliphatic heterocycles. The number of carbonyl (C=O) groups excluding carboxylic acids is 1. The minimum Gasteiger partial charge on any atom is -0.494 e. The zero-order valence-electron chi connectivity index (χ0n) is 12.5. The Labute approximate surface area is 126 Å². The van der Waals surface area contributed by atoms with Crippen molar-refractivity contribution in [3.8, 4) is 5.75 Å². The zero-order valence-corrected chi connectivity index (χ0v) is 12.5. The lowest BCUT2D eigenvalue weighted by Crippen LogP contribution is -2.34. The van der Waals surface area contributed by atoms with Gasteiger partial charge in [-0.2, -0.15) is 0 Å². The molecule has 3 heteroatoms. The first-order valence-corrected chi connectivity index (χ1v) is 7.26. The van der Waals surface area contributed by atoms with Crippen LogP contribution in [0.2, 0.25) is 0 Å². The minimum atomic E-state index is -0.0695. The number of hydrogen-bond acceptors (Lipinski definition) is 2. The Bertz CT molecular complexity index is 581. The van der Waals surface area contributed by atoms with Gasteiger partial charge >= 0.3 is 0 Å². The van der Waals surface area contributed by atoms with Gasteiger partial charge in [0.25, 0.3) is 5.91 Å². The third kappa shape index (κ3) is 4.63. The summed E-state index contributed by atoms with van der Waals surface area (Å²) < 4.78 is 5.42. The van der Waals surface area contributed by atoms with Crippen molar-refractivity contribution < 1.29 is 9.53 Å². The fourth-order valence-corrected chi connectivity index (χ4v) is 2.22. The summed E-state index contributed by atoms with van der Waals surface area (Å²) >= 11 is 0. The van der Waals surface area contributed by atoms with Crippen LogP contribution < -0.4 is 10.1 Å². The highest BCUT2D eigenvalue weighted by molar-refractivity contribution is 5.94. The van der Waals surface area contributed by atoms with Crippen LogP contribution in [0.1, 0.15) is 29.8 Å². The van der Waals surface area contributed by atoms with E-state index in [0.29, 0.717) is 12.2 Å². The van der Waals surface area contributed by atoms with Crippen molar-refractivity contribution >= 4 is 5.91 Å². The molecule has 0 saturated heterocycles. The first-order valence-electron chi connectivity index (χ1n) is 7.26. The molecule has 0 saturated carbocycles. The van der Waals surface area contributed by atoms with E-state index in [-0.39, 0.29) is 11.9 Å². The van der Waals surface area contributed by atoms with Gasteiger partial charge in [-0.05, 0) is 44.0 Å². The average Bonchev–Trinajstić information content (AvgIpc) is 2.48. The van der Waals surface area contributed by atoms with Crippen molar-refractivity contribution in [2.24, 2.45) is 0 Å². The zero-order chi connectivity index (χ0) is 15.1. The molecule has 0 spiro atoms. The molecular weight excluding hydrogens is 262 g/mol. The Hall–Kier alpha value is -2.29. The molecule has 2 aromatic carbocycles. The van der Waals surface area contributed by atoms with Gasteiger partial charge in [0.15, 0.2) is 0 Å². The van der Waals surface area contributed by atoms with Gasteiger partial charge in [0.1, 0.15) is 5.75 Å². The molecule has 110 valence electrons. The van der Waals surface area contributed by atoms with Crippen molar-refractivity contribution in [2.75, 3.05) is 6.61 Å². The number of nitrogens with one attached hydrogen (secondary N) is 1. The second-order valence-electron chi connectivity index (χ2n) is 5.03. The second kappa shape index (κ2) is 7.48. The Morgan fingerprint density at radius 1 is 1.14 bits per heavy atom. The van der Waals surface area contributed by atoms with Gasteiger partial charge in [-0.3, -0.25) is 4.79 Å². The van der Waals surface area contributed by atoms with E-state index in [1.54, 1.807) is 12.1 Å². The summed E-state index contributed by atoms with van der Waals surface area (Å²) in [6, 6.07) is 17.5. The molecule has 0 heterocycles. The number of amides is 1. The predicted molar refractivity (Wildman–Crippen MR) is 84.7 cm³/mol. The number of carbonyl (C=O) groups is 1. The van der Waals surface area contributed by atoms with E-state index in [1.165, 1.54) is 5.56 Å². The van der Waals surface area contributed by atoms with Crippen LogP contribution in [-0.4, -0.2) is 18.6 Å². The lowest BCUT2D eigenvalue weighted by atomic mass is 10.1. The molecule has 0 aromatic heterocycles. The van der Waals surface area contributed by atoms with Crippen LogP contribution in [0.3, 0.4) is 0 Å². The second-order valence-corrected chi connectivity index (χ2v) is 5.03. The van der Waals surface area contributed by atoms with Gasteiger partial charge in [0.2, 0.25) is 0 Å². The van der Waals surface area contributed by atoms with Gasteiger partial charge in [-0.15, -0.1) is 0 Å². The highest BCUT2D eigenvalue weighted by atomic mass is 16.5. The predicted octanol–water partition coefficient (Wildman–Crippen LogP) is 3.45. The maximum absolute atomic E-state index is 12.2. The molecule has 1 amide bonds. The van der Waals surface area contributed by atoms with Crippen molar-refractivity contribution in [1.82, 2.24) is 5.32 Å². The van der Waals surface area contributed by atoms with E-state index in [9.17, 15) is 4.79 Å². The SMILES string of the molecule is CCOc1cccc(C(=O)NC(C)Cc2ccccc2)c1. The highest BCUT2D eigenvalue weighted by Gasteiger charge is 2.11. The van der Waals surface area contributed by atoms with E-state index in [2.05, 4.69) is 17.4 Å². The Morgan fingerprint density at radius 2 is 1.90 bits per heavy atom. The molecule has 1 unspecified atom stereocenters. The Morgan fingerprint density at radius 3 is 2.62 bits per heavy atom. The number of benzene rings is 2. The minimum absolute atomic E-state index is 0.0695. The van der Waals surface area contributed by atoms with Gasteiger partial charge in [0, 0.05) is 11.6 Å². The van der Waals surface area contributed by atoms with Gasteiger partial charge in [-0.1, -0.05) is 36.4 Å². The molecule has 2 aromatic rings. The van der Waals surface area contributed by atoms with E-state index in [4.69, 9.17) is 4.74 Å². The summed E-state index contributed by atoms with van der Waals surface area (Å²) in [5, 5.41) is 3.02. The normalized spacial score (nSPS) is 11.7. The highest BCUT2D eigenvalue weighted by Crippen LogP contribution is 2.13. The molecule has 21 heavy (non-hydrogen) atoms. The first-order chi connectivity index (χ1) is 10.2. The van der Waals surface area contributed by atoms with Crippen molar-refractivity contribution in [3.63, 3.8) is 0 Å². The maximum atomic E-state index is 12.2. The van der Waals surface area contributed by atoms with E-state index in [0.717, 1.165) is 12.2 Å². The monoisotopic (exact) mass is 283 g/mol. The standard InChI is InChI=1S/C18H21NO2/c1-3-21-17-11-7-10-16(13-17)18(20)19-14(2)12-15-8-5-4-6-9-15/h4-11,13-14H,3,12H2,1-2H3,(H,19,20). The number of hydrogen-bond donors (Lipinski definition) is 1. The van der Waals surface area contributed by atoms with Crippen LogP contribution >= 0.6 is 0 Å². The largest absolute Gasteiger partial charge is 0.494 e. The fourth-order valence-electron chi connectivity index (χ4n) is 2.22. The lowest BCUT2D eigenvalue weighted by molar-refractivity contribution is 0.0939. The van der Waals surface area contributed by atoms with Crippen LogP contribution in [-0.2, 0) is 6.42 Å². The lowest BCUT2D eigenvalue weighted by Gasteiger charge is -2.14. The number of ether oxygens (including phenoxy) is 1. The molecular formula is C18H21NO2. The summed E-state index contributed by atoms with van der Waals surface area (Å²) in [6.07, 6.45) is 0.817. The molecule has 0 aliphatic rings. The molecule has 0 fully saturated rings. The summed E-state index contributed by atoms with van der Waals surface area (Å²) in [7, 11) is 0. The van der Waals surface area contributed by atoms with E-state index in [1.807, 2.05) is 44.2 Å². The molecule has 1 atom stereocenters. The molecule has 2 rings (SSSR count). The van der Waals surface area contributed by atoms with Crippen LogP contribution in [0, 0.1) is 0 Å². The van der Waals surface area contributed by atoms with Crippen LogP contribution in [0.25, 0.3) is 0 Å². The third-order valence-corrected chi connectivity index (χ3v) is 3.17. The van der Waals surface area contributed by atoms with Gasteiger partial charge in [-0.25, -0.2) is 0 Å². The van der Waals surface area contributed by atoms with Crippen molar-refractivity contribution in [2.45, 2.75) is 26.3 Å². The quantitative estimate of drug-likeness (QED) is 0.882. The summed E-state index contributed by atoms with van der Waals surface area (Å²) in [5.74, 6) is 0.654. The van der Waals surface area contributed by atoms with Gasteiger partial charge < -0.3 is 10.1 Å². The molecule has 0 bridgehead atoms. The molecule has 3 nitrogen and oxygen atoms in total. The number of rotatable bonds is 6. The Kier molecular flexibility index (Phi) is 5.38. The maximum Gasteiger partial charge on any atom is 0.251 e. The fraction of sp³-hybridized carbons (Fsp3) is 0.278. The first kappa shape index (κ1) is 15.1. The van der Waals surface area contributed by atoms with Crippen LogP contribution in [0.15, 0.2) is 54.6 Å². The van der Waals surface area contributed by atoms with Crippen molar-refractivity contribution in [1.29, 1.82) is 0 Å². The molecule has 0 aliphatic carbocycles. The van der Waals surface area contributed by atoms with Crippen LogP contribution in [0.4, 0.5) is 0 Å². The summed E-state index contributed by atoms with van der Waals surface area (Å²) in [5.41, 5.74) is 1.84. The Balaban J connectivity index is 1.96. The van der Waals surface area contributed by atoms with Gasteiger partial charge in [0.05, 0.1) is 6.61 Å². The summed E-state index contributed by atoms with van der Waals surface area (Å²) in [6.45, 7) is 4.53. The van der Waals surface area contributed by atoms with E-state index >= 15 is 0 Å². The summed E-state index contributed by atoms with van der Waals surface area (Å²) in [4.78, 5) is 12.2. The molecule has 1 N–H and O–H groups in total. The third-order valence-electron chi connectivity index (χ3n) is 3.17. The van der Waals surface area contributed by atoms with E-state index < -0.39 is 0 Å². The molecule has 0 radical (unpaired) electrons. The average molecular weight is 283 g/mol. The topological polar surface area (TPSA) is 38.3 Å². The smallest absolute Gasteiger partial charge is 0.251 e. The van der Waals surface area contributed by atoms with Crippen molar-refractivity contribution in [3.05, 3.63) is 65.7 Å².